The average molecular weight is 259 g/mol. The summed E-state index contributed by atoms with van der Waals surface area (Å²) in [5, 5.41) is 3.31. The van der Waals surface area contributed by atoms with Gasteiger partial charge in [0.25, 0.3) is 0 Å². The predicted molar refractivity (Wildman–Crippen MR) is 76.3 cm³/mol. The topological polar surface area (TPSA) is 29.1 Å². The average Bonchev–Trinajstić information content (AvgIpc) is 2.39. The molecule has 2 aromatic carbocycles. The molecule has 0 aromatic heterocycles. The molecule has 0 fully saturated rings. The van der Waals surface area contributed by atoms with Gasteiger partial charge in [0.1, 0.15) is 0 Å². The molecule has 2 rings (SSSR count). The van der Waals surface area contributed by atoms with E-state index in [9.17, 15) is 4.21 Å². The Morgan fingerprint density at radius 2 is 1.44 bits per heavy atom. The number of hydrogen-bond acceptors (Lipinski definition) is 2. The summed E-state index contributed by atoms with van der Waals surface area (Å²) in [5.74, 6) is 0. The van der Waals surface area contributed by atoms with E-state index in [2.05, 4.69) is 19.2 Å². The molecule has 1 unspecified atom stereocenters. The summed E-state index contributed by atoms with van der Waals surface area (Å²) in [7, 11) is -1.10. The number of hydrogen-bond donors (Lipinski definition) is 1. The molecule has 0 radical (unpaired) electrons. The third-order valence-electron chi connectivity index (χ3n) is 2.48. The SMILES string of the molecule is CC(C)Nc1ccc(S(=O)c2ccccc2)cc1. The highest BCUT2D eigenvalue weighted by Gasteiger charge is 2.06. The molecular formula is C15H17NOS. The summed E-state index contributed by atoms with van der Waals surface area (Å²) in [6.07, 6.45) is 0. The zero-order valence-electron chi connectivity index (χ0n) is 10.6. The van der Waals surface area contributed by atoms with Crippen molar-refractivity contribution in [2.45, 2.75) is 29.7 Å². The molecule has 0 amide bonds. The van der Waals surface area contributed by atoms with Gasteiger partial charge in [0.2, 0.25) is 0 Å². The molecule has 1 atom stereocenters. The monoisotopic (exact) mass is 259 g/mol. The van der Waals surface area contributed by atoms with Crippen LogP contribution in [0.2, 0.25) is 0 Å². The van der Waals surface area contributed by atoms with Gasteiger partial charge in [-0.25, -0.2) is 4.21 Å². The quantitative estimate of drug-likeness (QED) is 0.907. The molecule has 18 heavy (non-hydrogen) atoms. The van der Waals surface area contributed by atoms with E-state index in [0.29, 0.717) is 6.04 Å². The van der Waals surface area contributed by atoms with Crippen LogP contribution in [-0.2, 0) is 10.8 Å². The Morgan fingerprint density at radius 1 is 0.889 bits per heavy atom. The van der Waals surface area contributed by atoms with Crippen molar-refractivity contribution in [2.75, 3.05) is 5.32 Å². The lowest BCUT2D eigenvalue weighted by molar-refractivity contribution is 0.683. The van der Waals surface area contributed by atoms with Crippen LogP contribution in [0.3, 0.4) is 0 Å². The van der Waals surface area contributed by atoms with E-state index in [1.54, 1.807) is 0 Å². The fourth-order valence-corrected chi connectivity index (χ4v) is 2.75. The van der Waals surface area contributed by atoms with Crippen molar-refractivity contribution in [2.24, 2.45) is 0 Å². The summed E-state index contributed by atoms with van der Waals surface area (Å²) in [4.78, 5) is 1.66. The molecule has 0 saturated carbocycles. The van der Waals surface area contributed by atoms with E-state index >= 15 is 0 Å². The zero-order chi connectivity index (χ0) is 13.0. The van der Waals surface area contributed by atoms with Crippen molar-refractivity contribution in [3.8, 4) is 0 Å². The van der Waals surface area contributed by atoms with Gasteiger partial charge in [-0.1, -0.05) is 18.2 Å². The number of anilines is 1. The fraction of sp³-hybridized carbons (Fsp3) is 0.200. The fourth-order valence-electron chi connectivity index (χ4n) is 1.69. The van der Waals surface area contributed by atoms with Crippen LogP contribution in [0.1, 0.15) is 13.8 Å². The summed E-state index contributed by atoms with van der Waals surface area (Å²) in [5.41, 5.74) is 1.05. The predicted octanol–water partition coefficient (Wildman–Crippen LogP) is 3.67. The molecule has 0 spiro atoms. The summed E-state index contributed by atoms with van der Waals surface area (Å²) in [6.45, 7) is 4.19. The van der Waals surface area contributed by atoms with Crippen molar-refractivity contribution in [3.63, 3.8) is 0 Å². The summed E-state index contributed by atoms with van der Waals surface area (Å²) >= 11 is 0. The van der Waals surface area contributed by atoms with Crippen LogP contribution in [0, 0.1) is 0 Å². The maximum Gasteiger partial charge on any atom is 0.0849 e. The molecule has 0 aliphatic carbocycles. The first-order chi connectivity index (χ1) is 8.66. The first-order valence-corrected chi connectivity index (χ1v) is 7.15. The maximum absolute atomic E-state index is 12.3. The molecule has 2 aromatic rings. The van der Waals surface area contributed by atoms with Crippen LogP contribution in [0.5, 0.6) is 0 Å². The van der Waals surface area contributed by atoms with E-state index in [4.69, 9.17) is 0 Å². The number of nitrogens with one attached hydrogen (secondary N) is 1. The smallest absolute Gasteiger partial charge is 0.0849 e. The van der Waals surface area contributed by atoms with E-state index in [1.807, 2.05) is 54.6 Å². The molecule has 0 aliphatic rings. The second kappa shape index (κ2) is 5.83. The second-order valence-corrected chi connectivity index (χ2v) is 5.89. The van der Waals surface area contributed by atoms with Gasteiger partial charge in [0.05, 0.1) is 10.8 Å². The van der Waals surface area contributed by atoms with Crippen LogP contribution < -0.4 is 5.32 Å². The lowest BCUT2D eigenvalue weighted by Gasteiger charge is -2.10. The minimum Gasteiger partial charge on any atom is -0.383 e. The van der Waals surface area contributed by atoms with E-state index in [-0.39, 0.29) is 0 Å². The Bertz CT molecular complexity index is 520. The van der Waals surface area contributed by atoms with Gasteiger partial charge in [0, 0.05) is 21.5 Å². The van der Waals surface area contributed by atoms with Crippen molar-refractivity contribution < 1.29 is 4.21 Å². The first kappa shape index (κ1) is 12.8. The molecule has 3 heteroatoms. The largest absolute Gasteiger partial charge is 0.383 e. The van der Waals surface area contributed by atoms with Gasteiger partial charge in [-0.05, 0) is 50.2 Å². The summed E-state index contributed by atoms with van der Waals surface area (Å²) in [6, 6.07) is 17.7. The first-order valence-electron chi connectivity index (χ1n) is 6.00. The maximum atomic E-state index is 12.3. The van der Waals surface area contributed by atoms with Crippen LogP contribution in [0.15, 0.2) is 64.4 Å². The van der Waals surface area contributed by atoms with Gasteiger partial charge >= 0.3 is 0 Å². The van der Waals surface area contributed by atoms with Gasteiger partial charge in [-0.15, -0.1) is 0 Å². The number of benzene rings is 2. The van der Waals surface area contributed by atoms with E-state index in [0.717, 1.165) is 15.5 Å². The Morgan fingerprint density at radius 3 is 2.00 bits per heavy atom. The third kappa shape index (κ3) is 3.20. The lowest BCUT2D eigenvalue weighted by atomic mass is 10.3. The second-order valence-electron chi connectivity index (χ2n) is 4.41. The molecule has 0 bridgehead atoms. The van der Waals surface area contributed by atoms with Crippen molar-refractivity contribution in [3.05, 3.63) is 54.6 Å². The van der Waals surface area contributed by atoms with Crippen molar-refractivity contribution >= 4 is 16.5 Å². The minimum absolute atomic E-state index is 0.399. The van der Waals surface area contributed by atoms with Crippen LogP contribution in [0.25, 0.3) is 0 Å². The van der Waals surface area contributed by atoms with Crippen LogP contribution in [-0.4, -0.2) is 10.3 Å². The van der Waals surface area contributed by atoms with Crippen LogP contribution in [0.4, 0.5) is 5.69 Å². The Hall–Kier alpha value is -1.61. The molecule has 0 saturated heterocycles. The summed E-state index contributed by atoms with van der Waals surface area (Å²) < 4.78 is 12.3. The Balaban J connectivity index is 2.17. The van der Waals surface area contributed by atoms with Gasteiger partial charge in [-0.3, -0.25) is 0 Å². The molecule has 1 N–H and O–H groups in total. The standard InChI is InChI=1S/C15H17NOS/c1-12(2)16-13-8-10-15(11-9-13)18(17)14-6-4-3-5-7-14/h3-12,16H,1-2H3. The molecule has 2 nitrogen and oxygen atoms in total. The third-order valence-corrected chi connectivity index (χ3v) is 3.88. The Kier molecular flexibility index (Phi) is 4.15. The van der Waals surface area contributed by atoms with Gasteiger partial charge in [-0.2, -0.15) is 0 Å². The zero-order valence-corrected chi connectivity index (χ0v) is 11.4. The van der Waals surface area contributed by atoms with Crippen molar-refractivity contribution in [1.29, 1.82) is 0 Å². The van der Waals surface area contributed by atoms with Gasteiger partial charge in [0.15, 0.2) is 0 Å². The lowest BCUT2D eigenvalue weighted by Crippen LogP contribution is -2.09. The highest BCUT2D eigenvalue weighted by atomic mass is 32.2. The minimum atomic E-state index is -1.10. The highest BCUT2D eigenvalue weighted by molar-refractivity contribution is 7.85. The molecule has 94 valence electrons. The number of rotatable bonds is 4. The highest BCUT2D eigenvalue weighted by Crippen LogP contribution is 2.18. The van der Waals surface area contributed by atoms with Crippen molar-refractivity contribution in [1.82, 2.24) is 0 Å². The molecule has 0 aliphatic heterocycles. The van der Waals surface area contributed by atoms with Crippen LogP contribution >= 0.6 is 0 Å². The molecule has 0 heterocycles. The normalized spacial score (nSPS) is 12.4. The Labute approximate surface area is 111 Å². The van der Waals surface area contributed by atoms with Gasteiger partial charge < -0.3 is 5.32 Å². The van der Waals surface area contributed by atoms with E-state index in [1.165, 1.54) is 0 Å². The molecular weight excluding hydrogens is 242 g/mol. The van der Waals surface area contributed by atoms with E-state index < -0.39 is 10.8 Å².